The van der Waals surface area contributed by atoms with Crippen LogP contribution in [0.1, 0.15) is 32.6 Å². The first-order valence-electron chi connectivity index (χ1n) is 5.78. The summed E-state index contributed by atoms with van der Waals surface area (Å²) >= 11 is 0. The monoisotopic (exact) mass is 208 g/mol. The summed E-state index contributed by atoms with van der Waals surface area (Å²) in [5, 5.41) is 4.45. The summed E-state index contributed by atoms with van der Waals surface area (Å²) in [7, 11) is 1.92. The van der Waals surface area contributed by atoms with E-state index in [9.17, 15) is 0 Å². The fraction of sp³-hybridized carbons (Fsp3) is 0.727. The maximum absolute atomic E-state index is 5.96. The van der Waals surface area contributed by atoms with Gasteiger partial charge in [0.25, 0.3) is 0 Å². The van der Waals surface area contributed by atoms with Crippen LogP contribution in [0.2, 0.25) is 0 Å². The molecule has 4 heteroatoms. The summed E-state index contributed by atoms with van der Waals surface area (Å²) in [5.74, 6) is 0.976. The van der Waals surface area contributed by atoms with Crippen molar-refractivity contribution in [1.82, 2.24) is 9.78 Å². The maximum atomic E-state index is 5.96. The number of anilines is 2. The minimum absolute atomic E-state index is 0.621. The maximum Gasteiger partial charge on any atom is 0.174 e. The Morgan fingerprint density at radius 1 is 1.53 bits per heavy atom. The first-order chi connectivity index (χ1) is 7.22. The van der Waals surface area contributed by atoms with Crippen LogP contribution in [0.25, 0.3) is 0 Å². The Hall–Kier alpha value is -1.19. The van der Waals surface area contributed by atoms with E-state index in [0.717, 1.165) is 18.1 Å². The third-order valence-corrected chi connectivity index (χ3v) is 3.21. The van der Waals surface area contributed by atoms with Gasteiger partial charge in [0, 0.05) is 25.8 Å². The lowest BCUT2D eigenvalue weighted by Crippen LogP contribution is -2.39. The molecule has 1 aliphatic rings. The van der Waals surface area contributed by atoms with Crippen LogP contribution in [0.3, 0.4) is 0 Å². The highest BCUT2D eigenvalue weighted by Crippen LogP contribution is 2.28. The van der Waals surface area contributed by atoms with Gasteiger partial charge in [0.1, 0.15) is 0 Å². The minimum atomic E-state index is 0.621. The van der Waals surface area contributed by atoms with Crippen LogP contribution in [0.15, 0.2) is 6.20 Å². The molecule has 1 aromatic rings. The van der Waals surface area contributed by atoms with Gasteiger partial charge >= 0.3 is 0 Å². The molecular weight excluding hydrogens is 188 g/mol. The van der Waals surface area contributed by atoms with Gasteiger partial charge in [-0.15, -0.1) is 0 Å². The molecule has 84 valence electrons. The molecule has 1 aliphatic heterocycles. The molecule has 0 radical (unpaired) electrons. The fourth-order valence-corrected chi connectivity index (χ4v) is 2.42. The Morgan fingerprint density at radius 2 is 2.33 bits per heavy atom. The SMILES string of the molecule is CC[C@@H]1CCCCN1c1nn(C)cc1N. The standard InChI is InChI=1S/C11H20N4/c1-3-9-6-4-5-7-15(9)11-10(12)8-14(2)13-11/h8-9H,3-7,12H2,1-2H3/t9-/m1/s1. The summed E-state index contributed by atoms with van der Waals surface area (Å²) in [4.78, 5) is 2.37. The van der Waals surface area contributed by atoms with Crippen LogP contribution in [-0.2, 0) is 7.05 Å². The Balaban J connectivity index is 2.23. The average Bonchev–Trinajstić information content (AvgIpc) is 2.57. The van der Waals surface area contributed by atoms with Crippen LogP contribution in [0.5, 0.6) is 0 Å². The van der Waals surface area contributed by atoms with E-state index in [4.69, 9.17) is 5.73 Å². The largest absolute Gasteiger partial charge is 0.394 e. The molecule has 2 heterocycles. The van der Waals surface area contributed by atoms with E-state index in [1.54, 1.807) is 4.68 Å². The highest BCUT2D eigenvalue weighted by molar-refractivity contribution is 5.62. The molecule has 0 aromatic carbocycles. The number of nitrogens with two attached hydrogens (primary N) is 1. The second-order valence-corrected chi connectivity index (χ2v) is 4.33. The van der Waals surface area contributed by atoms with E-state index in [-0.39, 0.29) is 0 Å². The van der Waals surface area contributed by atoms with Crippen molar-refractivity contribution in [2.75, 3.05) is 17.2 Å². The van der Waals surface area contributed by atoms with Gasteiger partial charge < -0.3 is 10.6 Å². The van der Waals surface area contributed by atoms with Gasteiger partial charge in [-0.1, -0.05) is 6.92 Å². The smallest absolute Gasteiger partial charge is 0.174 e. The third kappa shape index (κ3) is 1.94. The number of rotatable bonds is 2. The summed E-state index contributed by atoms with van der Waals surface area (Å²) in [6.45, 7) is 3.34. The van der Waals surface area contributed by atoms with Crippen molar-refractivity contribution in [3.05, 3.63) is 6.20 Å². The Kier molecular flexibility index (Phi) is 2.84. The number of hydrogen-bond acceptors (Lipinski definition) is 3. The zero-order valence-corrected chi connectivity index (χ0v) is 9.61. The van der Waals surface area contributed by atoms with Gasteiger partial charge in [-0.05, 0) is 25.7 Å². The molecule has 2 rings (SSSR count). The topological polar surface area (TPSA) is 47.1 Å². The van der Waals surface area contributed by atoms with Crippen molar-refractivity contribution in [3.8, 4) is 0 Å². The second-order valence-electron chi connectivity index (χ2n) is 4.33. The molecule has 1 aromatic heterocycles. The van der Waals surface area contributed by atoms with Crippen molar-refractivity contribution in [2.45, 2.75) is 38.6 Å². The predicted octanol–water partition coefficient (Wildman–Crippen LogP) is 1.77. The molecule has 1 atom stereocenters. The number of hydrogen-bond donors (Lipinski definition) is 1. The summed E-state index contributed by atoms with van der Waals surface area (Å²) < 4.78 is 1.80. The van der Waals surface area contributed by atoms with Crippen molar-refractivity contribution < 1.29 is 0 Å². The highest BCUT2D eigenvalue weighted by Gasteiger charge is 2.24. The van der Waals surface area contributed by atoms with E-state index >= 15 is 0 Å². The Bertz CT molecular complexity index is 331. The number of piperidine rings is 1. The number of aryl methyl sites for hydroxylation is 1. The molecule has 1 fully saturated rings. The van der Waals surface area contributed by atoms with Crippen LogP contribution >= 0.6 is 0 Å². The molecule has 0 spiro atoms. The summed E-state index contributed by atoms with van der Waals surface area (Å²) in [5.41, 5.74) is 6.77. The van der Waals surface area contributed by atoms with E-state index < -0.39 is 0 Å². The Morgan fingerprint density at radius 3 is 2.93 bits per heavy atom. The molecule has 15 heavy (non-hydrogen) atoms. The Labute approximate surface area is 91.1 Å². The van der Waals surface area contributed by atoms with Gasteiger partial charge in [-0.2, -0.15) is 5.10 Å². The number of aromatic nitrogens is 2. The molecule has 0 aliphatic carbocycles. The van der Waals surface area contributed by atoms with Gasteiger partial charge in [0.2, 0.25) is 0 Å². The molecule has 4 nitrogen and oxygen atoms in total. The first kappa shape index (κ1) is 10.3. The molecule has 0 amide bonds. The van der Waals surface area contributed by atoms with Crippen LogP contribution in [0.4, 0.5) is 11.5 Å². The van der Waals surface area contributed by atoms with Crippen LogP contribution in [0, 0.1) is 0 Å². The lowest BCUT2D eigenvalue weighted by Gasteiger charge is -2.35. The summed E-state index contributed by atoms with van der Waals surface area (Å²) in [6, 6.07) is 0.621. The van der Waals surface area contributed by atoms with Gasteiger partial charge in [-0.3, -0.25) is 4.68 Å². The van der Waals surface area contributed by atoms with Crippen molar-refractivity contribution >= 4 is 11.5 Å². The molecule has 0 saturated carbocycles. The van der Waals surface area contributed by atoms with Crippen LogP contribution < -0.4 is 10.6 Å². The first-order valence-corrected chi connectivity index (χ1v) is 5.78. The average molecular weight is 208 g/mol. The van der Waals surface area contributed by atoms with Gasteiger partial charge in [0.05, 0.1) is 5.69 Å². The van der Waals surface area contributed by atoms with Gasteiger partial charge in [-0.25, -0.2) is 0 Å². The molecular formula is C11H20N4. The number of nitrogens with zero attached hydrogens (tertiary/aromatic N) is 3. The normalized spacial score (nSPS) is 22.0. The lowest BCUT2D eigenvalue weighted by molar-refractivity contribution is 0.446. The molecule has 0 bridgehead atoms. The van der Waals surface area contributed by atoms with E-state index in [0.29, 0.717) is 6.04 Å². The van der Waals surface area contributed by atoms with E-state index in [1.165, 1.54) is 25.7 Å². The van der Waals surface area contributed by atoms with E-state index in [1.807, 2.05) is 13.2 Å². The lowest BCUT2D eigenvalue weighted by atomic mass is 10.00. The minimum Gasteiger partial charge on any atom is -0.394 e. The van der Waals surface area contributed by atoms with Crippen molar-refractivity contribution in [2.24, 2.45) is 7.05 Å². The van der Waals surface area contributed by atoms with E-state index in [2.05, 4.69) is 16.9 Å². The van der Waals surface area contributed by atoms with Crippen molar-refractivity contribution in [1.29, 1.82) is 0 Å². The summed E-state index contributed by atoms with van der Waals surface area (Å²) in [6.07, 6.45) is 6.92. The quantitative estimate of drug-likeness (QED) is 0.805. The van der Waals surface area contributed by atoms with Gasteiger partial charge in [0.15, 0.2) is 5.82 Å². The number of nitrogen functional groups attached to an aromatic ring is 1. The molecule has 0 unspecified atom stereocenters. The molecule has 2 N–H and O–H groups in total. The fourth-order valence-electron chi connectivity index (χ4n) is 2.42. The highest BCUT2D eigenvalue weighted by atomic mass is 15.4. The second kappa shape index (κ2) is 4.13. The third-order valence-electron chi connectivity index (χ3n) is 3.21. The molecule has 1 saturated heterocycles. The van der Waals surface area contributed by atoms with Crippen molar-refractivity contribution in [3.63, 3.8) is 0 Å². The van der Waals surface area contributed by atoms with Crippen LogP contribution in [-0.4, -0.2) is 22.4 Å². The predicted molar refractivity (Wildman–Crippen MR) is 62.9 cm³/mol. The zero-order valence-electron chi connectivity index (χ0n) is 9.61. The zero-order chi connectivity index (χ0) is 10.8.